The third-order valence-electron chi connectivity index (χ3n) is 5.48. The Morgan fingerprint density at radius 2 is 1.55 bits per heavy atom. The maximum absolute atomic E-state index is 13.0. The number of rotatable bonds is 5. The van der Waals surface area contributed by atoms with Gasteiger partial charge in [-0.3, -0.25) is 14.4 Å². The summed E-state index contributed by atoms with van der Waals surface area (Å²) < 4.78 is 0. The summed E-state index contributed by atoms with van der Waals surface area (Å²) in [7, 11) is 0. The second kappa shape index (κ2) is 8.92. The van der Waals surface area contributed by atoms with Crippen LogP contribution in [0.2, 0.25) is 0 Å². The molecule has 4 rings (SSSR count). The fourth-order valence-electron chi connectivity index (χ4n) is 3.44. The molecule has 7 heteroatoms. The van der Waals surface area contributed by atoms with Gasteiger partial charge in [0, 0.05) is 16.9 Å². The lowest BCUT2D eigenvalue weighted by Crippen LogP contribution is -2.32. The number of hydrogen-bond donors (Lipinski definition) is 2. The van der Waals surface area contributed by atoms with Crippen molar-refractivity contribution in [1.29, 1.82) is 0 Å². The number of aryl methyl sites for hydroxylation is 3. The molecule has 3 aromatic rings. The topological polar surface area (TPSA) is 78.5 Å². The Morgan fingerprint density at radius 1 is 0.818 bits per heavy atom. The summed E-state index contributed by atoms with van der Waals surface area (Å²) in [6.45, 7) is 5.90. The molecule has 0 unspecified atom stereocenters. The molecule has 3 amide bonds. The van der Waals surface area contributed by atoms with Crippen molar-refractivity contribution in [3.8, 4) is 0 Å². The lowest BCUT2D eigenvalue weighted by atomic mass is 10.1. The third-order valence-corrected chi connectivity index (χ3v) is 5.83. The number of imide groups is 1. The summed E-state index contributed by atoms with van der Waals surface area (Å²) in [5.74, 6) is -1.45. The number of carbonyl (C=O) groups excluding carboxylic acids is 3. The largest absolute Gasteiger partial charge is 0.350 e. The number of benzene rings is 3. The Labute approximate surface area is 196 Å². The van der Waals surface area contributed by atoms with Crippen molar-refractivity contribution in [2.24, 2.45) is 0 Å². The van der Waals surface area contributed by atoms with Crippen LogP contribution in [0.4, 0.5) is 17.1 Å². The molecule has 0 saturated heterocycles. The van der Waals surface area contributed by atoms with Gasteiger partial charge in [-0.05, 0) is 74.4 Å². The average Bonchev–Trinajstić information content (AvgIpc) is 3.00. The molecule has 1 aliphatic rings. The maximum atomic E-state index is 13.0. The SMILES string of the molecule is Cc1ccc(N2C(=O)C(Cl)=C(Nc3cccc(C(=O)Nc4ccc(C)c(C)c4)c3)C2=O)cc1. The van der Waals surface area contributed by atoms with Gasteiger partial charge in [-0.15, -0.1) is 0 Å². The van der Waals surface area contributed by atoms with Crippen molar-refractivity contribution >= 4 is 46.4 Å². The van der Waals surface area contributed by atoms with Crippen LogP contribution in [0.1, 0.15) is 27.0 Å². The van der Waals surface area contributed by atoms with Gasteiger partial charge in [0.05, 0.1) is 5.69 Å². The zero-order chi connectivity index (χ0) is 23.7. The summed E-state index contributed by atoms with van der Waals surface area (Å²) in [6.07, 6.45) is 0. The molecule has 1 heterocycles. The lowest BCUT2D eigenvalue weighted by Gasteiger charge is -2.15. The van der Waals surface area contributed by atoms with E-state index in [0.29, 0.717) is 22.6 Å². The summed E-state index contributed by atoms with van der Waals surface area (Å²) in [5, 5.41) is 5.58. The summed E-state index contributed by atoms with van der Waals surface area (Å²) >= 11 is 6.21. The van der Waals surface area contributed by atoms with Crippen LogP contribution >= 0.6 is 11.6 Å². The first kappa shape index (κ1) is 22.3. The fourth-order valence-corrected chi connectivity index (χ4v) is 3.66. The van der Waals surface area contributed by atoms with Crippen molar-refractivity contribution in [1.82, 2.24) is 0 Å². The first-order valence-electron chi connectivity index (χ1n) is 10.4. The summed E-state index contributed by atoms with van der Waals surface area (Å²) in [5.41, 5.74) is 5.17. The second-order valence-corrected chi connectivity index (χ2v) is 8.31. The van der Waals surface area contributed by atoms with Crippen molar-refractivity contribution in [2.45, 2.75) is 20.8 Å². The number of nitrogens with zero attached hydrogens (tertiary/aromatic N) is 1. The zero-order valence-corrected chi connectivity index (χ0v) is 19.2. The second-order valence-electron chi connectivity index (χ2n) is 7.93. The number of anilines is 3. The van der Waals surface area contributed by atoms with E-state index in [2.05, 4.69) is 10.6 Å². The van der Waals surface area contributed by atoms with Crippen LogP contribution in [-0.2, 0) is 9.59 Å². The predicted octanol–water partition coefficient (Wildman–Crippen LogP) is 5.30. The number of halogens is 1. The predicted molar refractivity (Wildman–Crippen MR) is 130 cm³/mol. The van der Waals surface area contributed by atoms with E-state index in [9.17, 15) is 14.4 Å². The quantitative estimate of drug-likeness (QED) is 0.507. The highest BCUT2D eigenvalue weighted by Crippen LogP contribution is 2.30. The van der Waals surface area contributed by atoms with E-state index in [1.54, 1.807) is 36.4 Å². The Morgan fingerprint density at radius 3 is 2.24 bits per heavy atom. The van der Waals surface area contributed by atoms with E-state index >= 15 is 0 Å². The van der Waals surface area contributed by atoms with E-state index in [1.807, 2.05) is 51.1 Å². The van der Waals surface area contributed by atoms with Gasteiger partial charge in [-0.1, -0.05) is 41.4 Å². The molecule has 0 saturated carbocycles. The third kappa shape index (κ3) is 4.52. The Hall–Kier alpha value is -3.90. The van der Waals surface area contributed by atoms with Gasteiger partial charge in [0.25, 0.3) is 17.7 Å². The molecule has 0 radical (unpaired) electrons. The summed E-state index contributed by atoms with van der Waals surface area (Å²) in [4.78, 5) is 39.4. The van der Waals surface area contributed by atoms with Crippen LogP contribution in [0.25, 0.3) is 0 Å². The normalized spacial score (nSPS) is 13.5. The molecule has 0 aromatic heterocycles. The standard InChI is InChI=1S/C26H22ClN3O3/c1-15-7-11-21(12-8-15)30-25(32)22(27)23(26(30)33)28-19-6-4-5-18(14-19)24(31)29-20-10-9-16(2)17(3)13-20/h4-14,28H,1-3H3,(H,29,31). The van der Waals surface area contributed by atoms with E-state index in [1.165, 1.54) is 0 Å². The number of amides is 3. The average molecular weight is 460 g/mol. The van der Waals surface area contributed by atoms with Crippen molar-refractivity contribution in [3.63, 3.8) is 0 Å². The van der Waals surface area contributed by atoms with Gasteiger partial charge >= 0.3 is 0 Å². The van der Waals surface area contributed by atoms with Gasteiger partial charge < -0.3 is 10.6 Å². The van der Waals surface area contributed by atoms with Crippen LogP contribution in [-0.4, -0.2) is 17.7 Å². The van der Waals surface area contributed by atoms with Crippen LogP contribution in [0.15, 0.2) is 77.5 Å². The molecule has 3 aromatic carbocycles. The van der Waals surface area contributed by atoms with Crippen LogP contribution in [0, 0.1) is 20.8 Å². The van der Waals surface area contributed by atoms with Gasteiger partial charge in [-0.2, -0.15) is 0 Å². The maximum Gasteiger partial charge on any atom is 0.283 e. The van der Waals surface area contributed by atoms with Crippen LogP contribution in [0.5, 0.6) is 0 Å². The highest BCUT2D eigenvalue weighted by Gasteiger charge is 2.38. The molecule has 166 valence electrons. The molecule has 2 N–H and O–H groups in total. The Bertz CT molecular complexity index is 1310. The van der Waals surface area contributed by atoms with Gasteiger partial charge in [0.2, 0.25) is 0 Å². The monoisotopic (exact) mass is 459 g/mol. The zero-order valence-electron chi connectivity index (χ0n) is 18.4. The van der Waals surface area contributed by atoms with Crippen molar-refractivity contribution < 1.29 is 14.4 Å². The minimum absolute atomic E-state index is 0.0334. The minimum atomic E-state index is -0.600. The highest BCUT2D eigenvalue weighted by atomic mass is 35.5. The molecule has 0 spiro atoms. The van der Waals surface area contributed by atoms with Crippen LogP contribution < -0.4 is 15.5 Å². The van der Waals surface area contributed by atoms with Crippen LogP contribution in [0.3, 0.4) is 0 Å². The van der Waals surface area contributed by atoms with E-state index < -0.39 is 11.8 Å². The smallest absolute Gasteiger partial charge is 0.283 e. The van der Waals surface area contributed by atoms with E-state index in [4.69, 9.17) is 11.6 Å². The number of nitrogens with one attached hydrogen (secondary N) is 2. The minimum Gasteiger partial charge on any atom is -0.350 e. The van der Waals surface area contributed by atoms with Crippen molar-refractivity contribution in [3.05, 3.63) is 99.7 Å². The lowest BCUT2D eigenvalue weighted by molar-refractivity contribution is -0.120. The fraction of sp³-hybridized carbons (Fsp3) is 0.115. The van der Waals surface area contributed by atoms with Crippen molar-refractivity contribution in [2.75, 3.05) is 15.5 Å². The first-order valence-corrected chi connectivity index (χ1v) is 10.7. The molecule has 0 atom stereocenters. The molecule has 6 nitrogen and oxygen atoms in total. The van der Waals surface area contributed by atoms with Gasteiger partial charge in [0.1, 0.15) is 10.7 Å². The van der Waals surface area contributed by atoms with E-state index in [0.717, 1.165) is 21.6 Å². The molecule has 0 fully saturated rings. The summed E-state index contributed by atoms with van der Waals surface area (Å²) in [6, 6.07) is 19.3. The van der Waals surface area contributed by atoms with E-state index in [-0.39, 0.29) is 16.6 Å². The molecular formula is C26H22ClN3O3. The number of carbonyl (C=O) groups is 3. The Balaban J connectivity index is 1.53. The molecule has 1 aliphatic heterocycles. The first-order chi connectivity index (χ1) is 15.7. The van der Waals surface area contributed by atoms with Gasteiger partial charge in [0.15, 0.2) is 0 Å². The number of hydrogen-bond acceptors (Lipinski definition) is 4. The Kier molecular flexibility index (Phi) is 6.03. The highest BCUT2D eigenvalue weighted by molar-refractivity contribution is 6.53. The molecule has 33 heavy (non-hydrogen) atoms. The van der Waals surface area contributed by atoms with Gasteiger partial charge in [-0.25, -0.2) is 4.90 Å². The molecule has 0 aliphatic carbocycles. The molecular weight excluding hydrogens is 438 g/mol. The molecule has 0 bridgehead atoms.